The molecule has 3 aromatic rings. The molecule has 1 aromatic heterocycles. The molecule has 0 aliphatic carbocycles. The molecule has 172 valence electrons. The van der Waals surface area contributed by atoms with Gasteiger partial charge in [-0.05, 0) is 35.6 Å². The Labute approximate surface area is 193 Å². The Hall–Kier alpha value is -2.96. The molecule has 5 rings (SSSR count). The number of amides is 1. The third-order valence-electron chi connectivity index (χ3n) is 6.77. The first-order chi connectivity index (χ1) is 16.0. The van der Waals surface area contributed by atoms with Crippen LogP contribution in [-0.4, -0.2) is 55.1 Å². The van der Waals surface area contributed by atoms with Crippen LogP contribution in [0, 0.1) is 0 Å². The molecule has 6 nitrogen and oxygen atoms in total. The number of ether oxygens (including phenoxy) is 1. The van der Waals surface area contributed by atoms with Gasteiger partial charge in [0, 0.05) is 26.2 Å². The standard InChI is InChI=1S/C27H30N2O4/c1-18(2)19-8-10-20(11-9-19)24-23-25(30)21-6-3-4-7-22(21)33-26(23)27(31)29(24)13-5-12-28-14-16-32-17-15-28/h3-4,6-11,18,24H,5,12-17H2,1-2H3/t24-/m1/s1. The second-order valence-electron chi connectivity index (χ2n) is 9.20. The minimum atomic E-state index is -0.431. The topological polar surface area (TPSA) is 63.0 Å². The maximum atomic E-state index is 13.5. The van der Waals surface area contributed by atoms with Gasteiger partial charge in [0.25, 0.3) is 5.91 Å². The number of morpholine rings is 1. The van der Waals surface area contributed by atoms with Crippen LogP contribution >= 0.6 is 0 Å². The Kier molecular flexibility index (Phi) is 6.04. The molecule has 3 heterocycles. The van der Waals surface area contributed by atoms with Crippen molar-refractivity contribution in [3.05, 3.63) is 81.2 Å². The van der Waals surface area contributed by atoms with Crippen molar-refractivity contribution in [1.82, 2.24) is 9.80 Å². The predicted octanol–water partition coefficient (Wildman–Crippen LogP) is 4.18. The monoisotopic (exact) mass is 446 g/mol. The third kappa shape index (κ3) is 4.09. The summed E-state index contributed by atoms with van der Waals surface area (Å²) in [6.07, 6.45) is 0.827. The van der Waals surface area contributed by atoms with E-state index in [0.717, 1.165) is 44.8 Å². The van der Waals surface area contributed by atoms with Gasteiger partial charge in [0.05, 0.1) is 30.2 Å². The summed E-state index contributed by atoms with van der Waals surface area (Å²) in [5, 5.41) is 0.517. The van der Waals surface area contributed by atoms with Crippen molar-refractivity contribution in [1.29, 1.82) is 0 Å². The van der Waals surface area contributed by atoms with Crippen molar-refractivity contribution >= 4 is 16.9 Å². The van der Waals surface area contributed by atoms with E-state index >= 15 is 0 Å². The first kappa shape index (κ1) is 21.9. The Morgan fingerprint density at radius 1 is 0.970 bits per heavy atom. The molecule has 1 saturated heterocycles. The fourth-order valence-electron chi connectivity index (χ4n) is 4.90. The van der Waals surface area contributed by atoms with Gasteiger partial charge in [-0.15, -0.1) is 0 Å². The summed E-state index contributed by atoms with van der Waals surface area (Å²) < 4.78 is 11.5. The van der Waals surface area contributed by atoms with Gasteiger partial charge in [-0.2, -0.15) is 0 Å². The second kappa shape index (κ2) is 9.12. The summed E-state index contributed by atoms with van der Waals surface area (Å²) in [6, 6.07) is 15.0. The van der Waals surface area contributed by atoms with Crippen LogP contribution in [0.3, 0.4) is 0 Å². The molecule has 0 radical (unpaired) electrons. The summed E-state index contributed by atoms with van der Waals surface area (Å²) in [5.74, 6) is 0.394. The predicted molar refractivity (Wildman–Crippen MR) is 128 cm³/mol. The molecule has 2 aliphatic heterocycles. The Morgan fingerprint density at radius 3 is 2.42 bits per heavy atom. The quantitative estimate of drug-likeness (QED) is 0.568. The molecule has 0 saturated carbocycles. The number of carbonyl (C=O) groups is 1. The normalized spacial score (nSPS) is 18.9. The highest BCUT2D eigenvalue weighted by atomic mass is 16.5. The number of carbonyl (C=O) groups excluding carboxylic acids is 1. The van der Waals surface area contributed by atoms with Crippen molar-refractivity contribution in [3.8, 4) is 0 Å². The van der Waals surface area contributed by atoms with Crippen LogP contribution < -0.4 is 5.43 Å². The van der Waals surface area contributed by atoms with Crippen molar-refractivity contribution in [3.63, 3.8) is 0 Å². The van der Waals surface area contributed by atoms with E-state index in [-0.39, 0.29) is 17.1 Å². The molecule has 2 aromatic carbocycles. The lowest BCUT2D eigenvalue weighted by atomic mass is 9.95. The highest BCUT2D eigenvalue weighted by Gasteiger charge is 2.42. The first-order valence-electron chi connectivity index (χ1n) is 11.8. The Bertz CT molecular complexity index is 1210. The minimum absolute atomic E-state index is 0.117. The van der Waals surface area contributed by atoms with Crippen molar-refractivity contribution in [2.45, 2.75) is 32.2 Å². The molecule has 1 atom stereocenters. The van der Waals surface area contributed by atoms with Crippen LogP contribution in [0.1, 0.15) is 59.5 Å². The zero-order valence-corrected chi connectivity index (χ0v) is 19.3. The number of benzene rings is 2. The van der Waals surface area contributed by atoms with Crippen LogP contribution in [0.25, 0.3) is 11.0 Å². The van der Waals surface area contributed by atoms with Crippen molar-refractivity contribution in [2.75, 3.05) is 39.4 Å². The molecule has 33 heavy (non-hydrogen) atoms. The summed E-state index contributed by atoms with van der Waals surface area (Å²) in [6.45, 7) is 9.11. The zero-order chi connectivity index (χ0) is 22.9. The third-order valence-corrected chi connectivity index (χ3v) is 6.77. The lowest BCUT2D eigenvalue weighted by Crippen LogP contribution is -2.38. The summed E-state index contributed by atoms with van der Waals surface area (Å²) in [5.41, 5.74) is 2.98. The largest absolute Gasteiger partial charge is 0.450 e. The lowest BCUT2D eigenvalue weighted by Gasteiger charge is -2.29. The van der Waals surface area contributed by atoms with E-state index in [1.165, 1.54) is 5.56 Å². The summed E-state index contributed by atoms with van der Waals surface area (Å²) >= 11 is 0. The van der Waals surface area contributed by atoms with Gasteiger partial charge in [-0.1, -0.05) is 50.2 Å². The van der Waals surface area contributed by atoms with Gasteiger partial charge in [0.1, 0.15) is 5.58 Å². The van der Waals surface area contributed by atoms with Gasteiger partial charge in [-0.25, -0.2) is 0 Å². The van der Waals surface area contributed by atoms with Gasteiger partial charge in [0.15, 0.2) is 5.43 Å². The maximum Gasteiger partial charge on any atom is 0.290 e. The van der Waals surface area contributed by atoms with Gasteiger partial charge >= 0.3 is 0 Å². The molecule has 0 N–H and O–H groups in total. The van der Waals surface area contributed by atoms with E-state index in [0.29, 0.717) is 29.0 Å². The number of rotatable bonds is 6. The number of hydrogen-bond acceptors (Lipinski definition) is 5. The van der Waals surface area contributed by atoms with E-state index in [1.807, 2.05) is 29.2 Å². The van der Waals surface area contributed by atoms with Gasteiger partial charge in [0.2, 0.25) is 5.76 Å². The van der Waals surface area contributed by atoms with Gasteiger partial charge < -0.3 is 14.1 Å². The fourth-order valence-corrected chi connectivity index (χ4v) is 4.90. The Balaban J connectivity index is 1.52. The van der Waals surface area contributed by atoms with E-state index < -0.39 is 6.04 Å². The van der Waals surface area contributed by atoms with Crippen molar-refractivity contribution in [2.24, 2.45) is 0 Å². The molecule has 2 aliphatic rings. The molecule has 1 fully saturated rings. The molecule has 0 bridgehead atoms. The van der Waals surface area contributed by atoms with Crippen LogP contribution in [0.15, 0.2) is 57.7 Å². The fraction of sp³-hybridized carbons (Fsp3) is 0.407. The first-order valence-corrected chi connectivity index (χ1v) is 11.8. The Morgan fingerprint density at radius 2 is 1.70 bits per heavy atom. The second-order valence-corrected chi connectivity index (χ2v) is 9.20. The molecule has 0 unspecified atom stereocenters. The van der Waals surface area contributed by atoms with Crippen LogP contribution in [-0.2, 0) is 4.74 Å². The highest BCUT2D eigenvalue weighted by molar-refractivity contribution is 5.99. The number of nitrogens with zero attached hydrogens (tertiary/aromatic N) is 2. The number of hydrogen-bond donors (Lipinski definition) is 0. The highest BCUT2D eigenvalue weighted by Crippen LogP contribution is 2.38. The van der Waals surface area contributed by atoms with Gasteiger partial charge in [-0.3, -0.25) is 14.5 Å². The molecular formula is C27H30N2O4. The van der Waals surface area contributed by atoms with E-state index in [9.17, 15) is 9.59 Å². The number of para-hydroxylation sites is 1. The van der Waals surface area contributed by atoms with E-state index in [1.54, 1.807) is 12.1 Å². The summed E-state index contributed by atoms with van der Waals surface area (Å²) in [4.78, 5) is 31.2. The zero-order valence-electron chi connectivity index (χ0n) is 19.3. The minimum Gasteiger partial charge on any atom is -0.450 e. The average Bonchev–Trinajstić information content (AvgIpc) is 3.12. The molecular weight excluding hydrogens is 416 g/mol. The molecule has 1 amide bonds. The smallest absolute Gasteiger partial charge is 0.290 e. The van der Waals surface area contributed by atoms with Crippen LogP contribution in [0.5, 0.6) is 0 Å². The lowest BCUT2D eigenvalue weighted by molar-refractivity contribution is 0.0353. The average molecular weight is 447 g/mol. The van der Waals surface area contributed by atoms with Crippen molar-refractivity contribution < 1.29 is 13.9 Å². The summed E-state index contributed by atoms with van der Waals surface area (Å²) in [7, 11) is 0. The van der Waals surface area contributed by atoms with Crippen LogP contribution in [0.2, 0.25) is 0 Å². The van der Waals surface area contributed by atoms with E-state index in [2.05, 4.69) is 30.9 Å². The number of fused-ring (bicyclic) bond motifs is 2. The maximum absolute atomic E-state index is 13.5. The van der Waals surface area contributed by atoms with Crippen LogP contribution in [0.4, 0.5) is 0 Å². The molecule has 6 heteroatoms. The SMILES string of the molecule is CC(C)c1ccc([C@@H]2c3c(oc4ccccc4c3=O)C(=O)N2CCCN2CCOCC2)cc1. The molecule has 0 spiro atoms. The van der Waals surface area contributed by atoms with E-state index in [4.69, 9.17) is 9.15 Å².